The second-order valence-electron chi connectivity index (χ2n) is 3.55. The van der Waals surface area contributed by atoms with Crippen molar-refractivity contribution in [3.8, 4) is 11.8 Å². The topological polar surface area (TPSA) is 90.8 Å². The summed E-state index contributed by atoms with van der Waals surface area (Å²) < 4.78 is 5.65. The van der Waals surface area contributed by atoms with Crippen molar-refractivity contribution >= 4 is 34.1 Å². The zero-order chi connectivity index (χ0) is 13.8. The summed E-state index contributed by atoms with van der Waals surface area (Å²) >= 11 is 1.91. The summed E-state index contributed by atoms with van der Waals surface area (Å²) in [5.41, 5.74) is 0.916. The first-order chi connectivity index (χ1) is 9.15. The highest BCUT2D eigenvalue weighted by atomic mass is 127. The number of hydrogen-bond acceptors (Lipinski definition) is 5. The summed E-state index contributed by atoms with van der Waals surface area (Å²) in [6.45, 7) is 0. The Morgan fingerprint density at radius 3 is 3.00 bits per heavy atom. The third-order valence-electron chi connectivity index (χ3n) is 2.38. The fourth-order valence-electron chi connectivity index (χ4n) is 1.46. The molecular formula is C12H9IN4O2. The maximum absolute atomic E-state index is 11.5. The number of nitrogens with one attached hydrogen (secondary N) is 2. The van der Waals surface area contributed by atoms with Crippen LogP contribution in [0.1, 0.15) is 5.56 Å². The third-order valence-corrected chi connectivity index (χ3v) is 3.38. The van der Waals surface area contributed by atoms with Crippen LogP contribution in [-0.4, -0.2) is 17.1 Å². The maximum atomic E-state index is 11.5. The molecule has 0 atom stereocenters. The number of ether oxygens (including phenoxy) is 1. The van der Waals surface area contributed by atoms with Crippen molar-refractivity contribution in [2.45, 2.75) is 0 Å². The molecule has 0 bridgehead atoms. The molecule has 19 heavy (non-hydrogen) atoms. The zero-order valence-electron chi connectivity index (χ0n) is 9.90. The molecule has 0 radical (unpaired) electrons. The van der Waals surface area contributed by atoms with Crippen LogP contribution >= 0.6 is 22.6 Å². The Hall–Kier alpha value is -2.08. The number of aromatic nitrogens is 2. The lowest BCUT2D eigenvalue weighted by Gasteiger charge is -2.11. The van der Waals surface area contributed by atoms with Crippen LogP contribution in [0.5, 0.6) is 5.75 Å². The molecule has 0 unspecified atom stereocenters. The summed E-state index contributed by atoms with van der Waals surface area (Å²) in [6.07, 6.45) is 1.32. The second kappa shape index (κ2) is 5.71. The Morgan fingerprint density at radius 2 is 2.32 bits per heavy atom. The van der Waals surface area contributed by atoms with E-state index in [1.54, 1.807) is 18.2 Å². The minimum absolute atomic E-state index is 0.217. The van der Waals surface area contributed by atoms with Gasteiger partial charge in [-0.15, -0.1) is 0 Å². The molecule has 0 saturated heterocycles. The number of nitriles is 1. The molecular weight excluding hydrogens is 359 g/mol. The SMILES string of the molecule is COc1cc(C#N)ccc1Nc1nc[nH]c(=O)c1I. The molecule has 6 nitrogen and oxygen atoms in total. The smallest absolute Gasteiger partial charge is 0.266 e. The molecule has 0 spiro atoms. The van der Waals surface area contributed by atoms with E-state index in [4.69, 9.17) is 10.00 Å². The molecule has 0 fully saturated rings. The molecule has 1 aromatic carbocycles. The predicted octanol–water partition coefficient (Wildman–Crippen LogP) is 2.00. The van der Waals surface area contributed by atoms with Gasteiger partial charge in [-0.2, -0.15) is 5.26 Å². The lowest BCUT2D eigenvalue weighted by Crippen LogP contribution is -2.13. The number of nitrogens with zero attached hydrogens (tertiary/aromatic N) is 2. The lowest BCUT2D eigenvalue weighted by atomic mass is 10.2. The average molecular weight is 368 g/mol. The van der Waals surface area contributed by atoms with Gasteiger partial charge in [-0.1, -0.05) is 0 Å². The summed E-state index contributed by atoms with van der Waals surface area (Å²) in [5, 5.41) is 11.8. The van der Waals surface area contributed by atoms with Gasteiger partial charge < -0.3 is 15.0 Å². The first-order valence-electron chi connectivity index (χ1n) is 5.24. The van der Waals surface area contributed by atoms with Crippen molar-refractivity contribution in [1.29, 1.82) is 5.26 Å². The molecule has 0 aliphatic heterocycles. The zero-order valence-corrected chi connectivity index (χ0v) is 12.1. The van der Waals surface area contributed by atoms with Crippen LogP contribution in [-0.2, 0) is 0 Å². The molecule has 0 saturated carbocycles. The third kappa shape index (κ3) is 2.85. The Labute approximate surface area is 122 Å². The minimum atomic E-state index is -0.217. The summed E-state index contributed by atoms with van der Waals surface area (Å²) in [6, 6.07) is 7.01. The van der Waals surface area contributed by atoms with E-state index >= 15 is 0 Å². The molecule has 2 aromatic rings. The number of anilines is 2. The first-order valence-corrected chi connectivity index (χ1v) is 6.32. The van der Waals surface area contributed by atoms with Gasteiger partial charge in [0, 0.05) is 6.07 Å². The highest BCUT2D eigenvalue weighted by Crippen LogP contribution is 2.28. The number of aromatic amines is 1. The fraction of sp³-hybridized carbons (Fsp3) is 0.0833. The van der Waals surface area contributed by atoms with Crippen LogP contribution in [0.15, 0.2) is 29.3 Å². The quantitative estimate of drug-likeness (QED) is 0.809. The van der Waals surface area contributed by atoms with Crippen molar-refractivity contribution < 1.29 is 4.74 Å². The van der Waals surface area contributed by atoms with Gasteiger partial charge >= 0.3 is 0 Å². The van der Waals surface area contributed by atoms with Crippen molar-refractivity contribution in [3.05, 3.63) is 44.0 Å². The highest BCUT2D eigenvalue weighted by molar-refractivity contribution is 14.1. The fourth-order valence-corrected chi connectivity index (χ4v) is 1.89. The van der Waals surface area contributed by atoms with Crippen LogP contribution in [0.4, 0.5) is 11.5 Å². The molecule has 0 amide bonds. The monoisotopic (exact) mass is 368 g/mol. The molecule has 1 heterocycles. The van der Waals surface area contributed by atoms with E-state index in [2.05, 4.69) is 15.3 Å². The van der Waals surface area contributed by atoms with Gasteiger partial charge in [-0.05, 0) is 34.7 Å². The van der Waals surface area contributed by atoms with Crippen molar-refractivity contribution in [1.82, 2.24) is 9.97 Å². The van der Waals surface area contributed by atoms with Gasteiger partial charge in [0.1, 0.15) is 9.32 Å². The number of rotatable bonds is 3. The Bertz CT molecular complexity index is 706. The summed E-state index contributed by atoms with van der Waals surface area (Å²) in [5.74, 6) is 0.948. The molecule has 2 N–H and O–H groups in total. The standard InChI is InChI=1S/C12H9IN4O2/c1-19-9-4-7(5-14)2-3-8(9)17-11-10(13)12(18)16-6-15-11/h2-4,6H,1H3,(H2,15,16,17,18). The number of methoxy groups -OCH3 is 1. The second-order valence-corrected chi connectivity index (χ2v) is 4.62. The van der Waals surface area contributed by atoms with Gasteiger partial charge in [0.15, 0.2) is 5.82 Å². The predicted molar refractivity (Wildman–Crippen MR) is 78.6 cm³/mol. The molecule has 0 aliphatic rings. The van der Waals surface area contributed by atoms with Gasteiger partial charge in [-0.25, -0.2) is 4.98 Å². The van der Waals surface area contributed by atoms with Crippen LogP contribution in [0.3, 0.4) is 0 Å². The van der Waals surface area contributed by atoms with Crippen LogP contribution in [0, 0.1) is 14.9 Å². The summed E-state index contributed by atoms with van der Waals surface area (Å²) in [4.78, 5) is 18.0. The average Bonchev–Trinajstić information content (AvgIpc) is 2.44. The van der Waals surface area contributed by atoms with Crippen molar-refractivity contribution in [2.24, 2.45) is 0 Å². The molecule has 1 aromatic heterocycles. The van der Waals surface area contributed by atoms with Crippen LogP contribution < -0.4 is 15.6 Å². The minimum Gasteiger partial charge on any atom is -0.495 e. The van der Waals surface area contributed by atoms with Gasteiger partial charge in [0.25, 0.3) is 5.56 Å². The molecule has 96 valence electrons. The first kappa shape index (κ1) is 13.4. The van der Waals surface area contributed by atoms with E-state index < -0.39 is 0 Å². The van der Waals surface area contributed by atoms with Crippen LogP contribution in [0.2, 0.25) is 0 Å². The van der Waals surface area contributed by atoms with E-state index in [-0.39, 0.29) is 5.56 Å². The number of hydrogen-bond donors (Lipinski definition) is 2. The van der Waals surface area contributed by atoms with Gasteiger partial charge in [0.05, 0.1) is 30.8 Å². The van der Waals surface area contributed by atoms with Gasteiger partial charge in [0.2, 0.25) is 0 Å². The Morgan fingerprint density at radius 1 is 1.53 bits per heavy atom. The number of H-pyrrole nitrogens is 1. The van der Waals surface area contributed by atoms with E-state index in [1.807, 2.05) is 28.7 Å². The van der Waals surface area contributed by atoms with E-state index in [0.717, 1.165) is 0 Å². The molecule has 0 aliphatic carbocycles. The van der Waals surface area contributed by atoms with E-state index in [0.29, 0.717) is 26.4 Å². The van der Waals surface area contributed by atoms with Crippen molar-refractivity contribution in [3.63, 3.8) is 0 Å². The van der Waals surface area contributed by atoms with Gasteiger partial charge in [-0.3, -0.25) is 4.79 Å². The number of benzene rings is 1. The normalized spacial score (nSPS) is 9.74. The maximum Gasteiger partial charge on any atom is 0.266 e. The van der Waals surface area contributed by atoms with E-state index in [1.165, 1.54) is 13.4 Å². The van der Waals surface area contributed by atoms with Crippen molar-refractivity contribution in [2.75, 3.05) is 12.4 Å². The summed E-state index contributed by atoms with van der Waals surface area (Å²) in [7, 11) is 1.51. The Kier molecular flexibility index (Phi) is 4.01. The van der Waals surface area contributed by atoms with E-state index in [9.17, 15) is 4.79 Å². The molecule has 2 rings (SSSR count). The Balaban J connectivity index is 2.41. The number of halogens is 1. The highest BCUT2D eigenvalue weighted by Gasteiger charge is 2.09. The largest absolute Gasteiger partial charge is 0.495 e. The lowest BCUT2D eigenvalue weighted by molar-refractivity contribution is 0.416. The van der Waals surface area contributed by atoms with Crippen LogP contribution in [0.25, 0.3) is 0 Å². The molecule has 7 heteroatoms.